The number of hydrogen-bond donors (Lipinski definition) is 2. The zero-order chi connectivity index (χ0) is 20.9. The van der Waals surface area contributed by atoms with Crippen LogP contribution in [0.1, 0.15) is 36.8 Å². The van der Waals surface area contributed by atoms with E-state index in [0.29, 0.717) is 28.3 Å². The van der Waals surface area contributed by atoms with Crippen molar-refractivity contribution in [1.29, 1.82) is 0 Å². The van der Waals surface area contributed by atoms with E-state index in [4.69, 9.17) is 11.6 Å². The molecule has 0 aromatic heterocycles. The number of halogens is 3. The molecule has 29 heavy (non-hydrogen) atoms. The average molecular weight is 417 g/mol. The third-order valence-corrected chi connectivity index (χ3v) is 6.14. The topological polar surface area (TPSA) is 58.2 Å². The van der Waals surface area contributed by atoms with Gasteiger partial charge in [-0.15, -0.1) is 0 Å². The molecule has 7 heteroatoms. The lowest BCUT2D eigenvalue weighted by Gasteiger charge is -2.47. The van der Waals surface area contributed by atoms with E-state index in [1.807, 2.05) is 6.92 Å². The Balaban J connectivity index is 2.02. The summed E-state index contributed by atoms with van der Waals surface area (Å²) in [6.45, 7) is 5.95. The zero-order valence-electron chi connectivity index (χ0n) is 15.7. The van der Waals surface area contributed by atoms with Gasteiger partial charge in [0.1, 0.15) is 17.0 Å². The number of amides is 2. The summed E-state index contributed by atoms with van der Waals surface area (Å²) in [5, 5.41) is 6.19. The maximum Gasteiger partial charge on any atom is 0.238 e. The molecule has 2 aliphatic rings. The van der Waals surface area contributed by atoms with E-state index >= 15 is 0 Å². The molecule has 0 bridgehead atoms. The van der Waals surface area contributed by atoms with Crippen molar-refractivity contribution in [3.05, 3.63) is 76.3 Å². The van der Waals surface area contributed by atoms with Crippen LogP contribution in [0.25, 0.3) is 0 Å². The van der Waals surface area contributed by atoms with Crippen LogP contribution in [0.5, 0.6) is 0 Å². The summed E-state index contributed by atoms with van der Waals surface area (Å²) in [5.41, 5.74) is 0.763. The van der Waals surface area contributed by atoms with Gasteiger partial charge < -0.3 is 10.6 Å². The fourth-order valence-corrected chi connectivity index (χ4v) is 4.80. The number of carbonyl (C=O) groups excluding carboxylic acids is 2. The Hall–Kier alpha value is -2.73. The van der Waals surface area contributed by atoms with Crippen LogP contribution >= 0.6 is 11.6 Å². The summed E-state index contributed by atoms with van der Waals surface area (Å²) >= 11 is 6.10. The Morgan fingerprint density at radius 2 is 1.90 bits per heavy atom. The van der Waals surface area contributed by atoms with Gasteiger partial charge in [0.15, 0.2) is 0 Å². The van der Waals surface area contributed by atoms with Crippen LogP contribution in [0.15, 0.2) is 48.6 Å². The molecule has 2 amide bonds. The van der Waals surface area contributed by atoms with E-state index in [1.165, 1.54) is 12.1 Å². The molecule has 0 aliphatic carbocycles. The first-order chi connectivity index (χ1) is 13.8. The lowest BCUT2D eigenvalue weighted by molar-refractivity contribution is -0.130. The van der Waals surface area contributed by atoms with Gasteiger partial charge in [0.25, 0.3) is 0 Å². The van der Waals surface area contributed by atoms with Crippen LogP contribution < -0.4 is 10.6 Å². The fraction of sp³-hybridized carbons (Fsp3) is 0.273. The highest BCUT2D eigenvalue weighted by molar-refractivity contribution is 6.31. The highest BCUT2D eigenvalue weighted by Gasteiger charge is 2.61. The normalized spacial score (nSPS) is 25.5. The number of anilines is 1. The molecule has 1 saturated heterocycles. The molecule has 3 atom stereocenters. The number of carbonyl (C=O) groups is 2. The lowest BCUT2D eigenvalue weighted by Crippen LogP contribution is -2.62. The third-order valence-electron chi connectivity index (χ3n) is 5.90. The Labute approximate surface area is 171 Å². The summed E-state index contributed by atoms with van der Waals surface area (Å²) in [4.78, 5) is 26.0. The maximum atomic E-state index is 14.0. The molecule has 0 radical (unpaired) electrons. The van der Waals surface area contributed by atoms with Gasteiger partial charge in [0.2, 0.25) is 11.8 Å². The first-order valence-corrected chi connectivity index (χ1v) is 9.69. The second-order valence-corrected chi connectivity index (χ2v) is 7.92. The zero-order valence-corrected chi connectivity index (χ0v) is 16.4. The monoisotopic (exact) mass is 416 g/mol. The molecule has 2 N–H and O–H groups in total. The van der Waals surface area contributed by atoms with Gasteiger partial charge in [-0.1, -0.05) is 36.7 Å². The van der Waals surface area contributed by atoms with E-state index < -0.39 is 29.0 Å². The summed E-state index contributed by atoms with van der Waals surface area (Å²) in [6, 6.07) is 7.42. The Kier molecular flexibility index (Phi) is 4.69. The molecule has 150 valence electrons. The summed E-state index contributed by atoms with van der Waals surface area (Å²) in [6.07, 6.45) is 0.430. The van der Waals surface area contributed by atoms with Crippen molar-refractivity contribution in [3.63, 3.8) is 0 Å². The fourth-order valence-electron chi connectivity index (χ4n) is 4.63. The number of rotatable bonds is 3. The van der Waals surface area contributed by atoms with Gasteiger partial charge in [0.05, 0.1) is 6.04 Å². The highest BCUT2D eigenvalue weighted by Crippen LogP contribution is 2.54. The molecule has 2 aromatic rings. The number of nitrogens with one attached hydrogen (secondary N) is 2. The molecule has 1 fully saturated rings. The molecular formula is C22H19ClF2N2O2. The molecule has 1 spiro atoms. The van der Waals surface area contributed by atoms with Gasteiger partial charge in [-0.25, -0.2) is 8.78 Å². The van der Waals surface area contributed by atoms with Crippen molar-refractivity contribution in [2.75, 3.05) is 5.32 Å². The largest absolute Gasteiger partial charge is 0.348 e. The van der Waals surface area contributed by atoms with Gasteiger partial charge >= 0.3 is 0 Å². The third kappa shape index (κ3) is 2.94. The van der Waals surface area contributed by atoms with Crippen LogP contribution in [0, 0.1) is 11.6 Å². The van der Waals surface area contributed by atoms with E-state index in [-0.39, 0.29) is 23.8 Å². The van der Waals surface area contributed by atoms with Crippen molar-refractivity contribution in [1.82, 2.24) is 5.32 Å². The molecule has 4 nitrogen and oxygen atoms in total. The minimum Gasteiger partial charge on any atom is -0.348 e. The molecular weight excluding hydrogens is 398 g/mol. The van der Waals surface area contributed by atoms with Crippen molar-refractivity contribution in [2.45, 2.75) is 37.1 Å². The summed E-state index contributed by atoms with van der Waals surface area (Å²) in [7, 11) is 0. The predicted molar refractivity (Wildman–Crippen MR) is 107 cm³/mol. The number of fused-ring (bicyclic) bond motifs is 2. The maximum absolute atomic E-state index is 14.0. The summed E-state index contributed by atoms with van der Waals surface area (Å²) in [5.74, 6) is -2.97. The van der Waals surface area contributed by atoms with Crippen LogP contribution in [-0.4, -0.2) is 17.9 Å². The van der Waals surface area contributed by atoms with Crippen LogP contribution in [0.4, 0.5) is 14.5 Å². The van der Waals surface area contributed by atoms with Crippen molar-refractivity contribution in [2.24, 2.45) is 0 Å². The first-order valence-electron chi connectivity index (χ1n) is 9.31. The second-order valence-electron chi connectivity index (χ2n) is 7.48. The van der Waals surface area contributed by atoms with Gasteiger partial charge in [0, 0.05) is 29.1 Å². The Morgan fingerprint density at radius 3 is 2.55 bits per heavy atom. The van der Waals surface area contributed by atoms with Gasteiger partial charge in [-0.05, 0) is 41.8 Å². The average Bonchev–Trinajstić information content (AvgIpc) is 2.93. The van der Waals surface area contributed by atoms with Crippen LogP contribution in [-0.2, 0) is 15.0 Å². The lowest BCUT2D eigenvalue weighted by atomic mass is 9.59. The molecule has 2 aliphatic heterocycles. The first kappa shape index (κ1) is 19.6. The van der Waals surface area contributed by atoms with Crippen molar-refractivity contribution >= 4 is 29.1 Å². The molecule has 2 heterocycles. The van der Waals surface area contributed by atoms with E-state index in [1.54, 1.807) is 18.2 Å². The standard InChI is InChI=1S/C22H19ClF2N2O2/c1-3-11(2)20-22(16-5-4-13(23)8-18(16)26-21(22)29)17(10-19(28)27-20)12-6-14(24)9-15(25)7-12/h4-9,17,20H,2-3,10H2,1H3,(H,26,29)(H,27,28)/t17-,20+,22-/m0/s1. The van der Waals surface area contributed by atoms with E-state index in [9.17, 15) is 18.4 Å². The minimum absolute atomic E-state index is 0.0914. The Morgan fingerprint density at radius 1 is 1.21 bits per heavy atom. The quantitative estimate of drug-likeness (QED) is 0.726. The van der Waals surface area contributed by atoms with E-state index in [2.05, 4.69) is 17.2 Å². The predicted octanol–water partition coefficient (Wildman–Crippen LogP) is 4.45. The number of piperidine rings is 1. The van der Waals surface area contributed by atoms with Gasteiger partial charge in [-0.2, -0.15) is 0 Å². The summed E-state index contributed by atoms with van der Waals surface area (Å²) < 4.78 is 28.1. The Bertz CT molecular complexity index is 1030. The van der Waals surface area contributed by atoms with Gasteiger partial charge in [-0.3, -0.25) is 9.59 Å². The number of hydrogen-bond acceptors (Lipinski definition) is 2. The minimum atomic E-state index is -1.29. The van der Waals surface area contributed by atoms with Crippen LogP contribution in [0.2, 0.25) is 5.02 Å². The van der Waals surface area contributed by atoms with Crippen molar-refractivity contribution < 1.29 is 18.4 Å². The van der Waals surface area contributed by atoms with E-state index in [0.717, 1.165) is 6.07 Å². The SMILES string of the molecule is C=C(CC)[C@H]1NC(=O)C[C@@H](c2cc(F)cc(F)c2)[C@]12C(=O)Nc1cc(Cl)ccc12. The molecule has 0 saturated carbocycles. The second kappa shape index (κ2) is 6.95. The smallest absolute Gasteiger partial charge is 0.238 e. The van der Waals surface area contributed by atoms with Crippen LogP contribution in [0.3, 0.4) is 0 Å². The number of benzene rings is 2. The van der Waals surface area contributed by atoms with Crippen molar-refractivity contribution in [3.8, 4) is 0 Å². The highest BCUT2D eigenvalue weighted by atomic mass is 35.5. The molecule has 0 unspecified atom stereocenters. The molecule has 2 aromatic carbocycles. The molecule has 4 rings (SSSR count).